The number of aromatic amines is 4. The molecule has 0 unspecified atom stereocenters. The number of hydrogen-bond acceptors (Lipinski definition) is 15. The zero-order valence-corrected chi connectivity index (χ0v) is 87.0. The Morgan fingerprint density at radius 2 is 0.685 bits per heavy atom. The van der Waals surface area contributed by atoms with Crippen molar-refractivity contribution in [3.8, 4) is 112 Å². The Labute approximate surface area is 857 Å². The highest BCUT2D eigenvalue weighted by molar-refractivity contribution is 6.07. The van der Waals surface area contributed by atoms with E-state index in [0.29, 0.717) is 180 Å². The van der Waals surface area contributed by atoms with Gasteiger partial charge < -0.3 is 75.3 Å². The normalized spacial score (nSPS) is 12.0. The molecule has 0 atom stereocenters. The van der Waals surface area contributed by atoms with Gasteiger partial charge in [0.15, 0.2) is 11.6 Å². The van der Waals surface area contributed by atoms with Gasteiger partial charge >= 0.3 is 0 Å². The number of halogens is 9. The van der Waals surface area contributed by atoms with E-state index >= 15 is 0 Å². The number of aromatic nitrogens is 8. The van der Waals surface area contributed by atoms with Gasteiger partial charge in [-0.05, 0) is 298 Å². The summed E-state index contributed by atoms with van der Waals surface area (Å²) < 4.78 is 151. The van der Waals surface area contributed by atoms with Crippen LogP contribution < -0.4 is 40.2 Å². The molecule has 0 spiro atoms. The van der Waals surface area contributed by atoms with Crippen LogP contribution in [0.5, 0.6) is 23.0 Å². The lowest BCUT2D eigenvalue weighted by molar-refractivity contribution is -0.120. The number of carbonyl (C=O) groups excluding carboxylic acids is 4. The SMILES string of the molecule is COc1c(F)cc(F)cc1-c1c[nH]c2ncc(-c3cc(F)cc(/C=C(\C)C(=O)NC(C)(C)CO)c3C)cc12.COc1cc(F)c(C)cc1-c1c[nH]c2ncc(-c3cc(F)cc(/C=C(\C)C(=O)NC(C)(C)CO)c3C)cc12.COc1cc(F)c(C)cc1-c1c[nH]c2ncc(-c3cc(F)cc(NC(=O)/C(C)=C/C(C)(C)C)c3C)cc12.COc1cc(F)c(C)cc1-c1c[nH]c2ncc(-c3cc(F)cc(NC(=O)/C=C/CN(C)C)c3C)cc12. The van der Waals surface area contributed by atoms with Crippen molar-refractivity contribution in [2.24, 2.45) is 5.41 Å². The first-order valence-electron chi connectivity index (χ1n) is 47.5. The molecule has 0 fully saturated rings. The van der Waals surface area contributed by atoms with Gasteiger partial charge in [0, 0.05) is 203 Å². The highest BCUT2D eigenvalue weighted by Gasteiger charge is 2.28. The number of H-pyrrole nitrogens is 4. The maximum Gasteiger partial charge on any atom is 0.251 e. The summed E-state index contributed by atoms with van der Waals surface area (Å²) >= 11 is 0. The molecule has 8 aromatic heterocycles. The molecule has 16 rings (SSSR count). The lowest BCUT2D eigenvalue weighted by atomic mass is 9.93. The second-order valence-electron chi connectivity index (χ2n) is 39.2. The number of anilines is 2. The number of ether oxygens (including phenoxy) is 4. The molecular formula is C117H118F9N13O10. The number of hydrogen-bond donors (Lipinski definition) is 10. The summed E-state index contributed by atoms with van der Waals surface area (Å²) in [6, 6.07) is 29.7. The van der Waals surface area contributed by atoms with Gasteiger partial charge in [0.1, 0.15) is 86.4 Å². The highest BCUT2D eigenvalue weighted by atomic mass is 19.2. The standard InChI is InChI=1S/C30H31F2N3O3.C30H31F2N3O2.C29H28F3N3O3.C28H28F2N4O2/c1-16-8-23(27(38-6)12-26(16)32)25-14-34-28-24(25)10-20(13-33-28)22-11-21(31)9-19(18(22)3)7-17(2)29(37)35-30(4,5)15-36;1-16-8-22(27(37-7)12-25(16)32)24-15-34-28-23(24)9-19(14-33-28)21-10-20(31)11-26(18(21)3)35-29(36)17(2)13-30(4,5)6;1-15(28(37)35-29(3,4)14-36)6-17-7-19(30)9-21(16(17)2)18-8-23-24(13-34-27(23)33-12-18)22-10-20(31)11-25(32)26(22)38-5;1-16-9-21(26(36-5)13-24(16)30)23-15-32-28-22(23)10-18(14-31-28)20-11-19(29)12-25(17(20)2)33-27(35)7-6-8-34(3)4/h7-14,36H,15H2,1-6H3,(H,33,34)(H,35,37);8-15H,1-7H3,(H,33,34)(H,35,36);6-13,36H,14H2,1-5H3,(H,33,34)(H,35,37);6-7,9-15H,8H2,1-5H3,(H,31,32)(H,33,35)/b17-7+;17-13+;15-6+;7-6+. The molecular weight excluding hydrogens is 1920 g/mol. The number of benzene rings is 8. The average molecular weight is 2040 g/mol. The zero-order chi connectivity index (χ0) is 109. The summed E-state index contributed by atoms with van der Waals surface area (Å²) in [5, 5.41) is 32.9. The predicted molar refractivity (Wildman–Crippen MR) is 571 cm³/mol. The summed E-state index contributed by atoms with van der Waals surface area (Å²) in [5.74, 6) is -4.82. The van der Waals surface area contributed by atoms with E-state index in [9.17, 15) is 68.9 Å². The van der Waals surface area contributed by atoms with E-state index in [-0.39, 0.29) is 71.0 Å². The first-order valence-corrected chi connectivity index (χ1v) is 47.5. The maximum atomic E-state index is 14.8. The van der Waals surface area contributed by atoms with Crippen LogP contribution >= 0.6 is 0 Å². The number of likely N-dealkylation sites (N-methyl/N-ethyl adjacent to an activating group) is 1. The number of allylic oxidation sites excluding steroid dienone is 1. The smallest absolute Gasteiger partial charge is 0.251 e. The number of rotatable bonds is 26. The molecule has 16 aromatic rings. The van der Waals surface area contributed by atoms with Crippen molar-refractivity contribution in [2.75, 3.05) is 72.9 Å². The summed E-state index contributed by atoms with van der Waals surface area (Å²) in [6.07, 6.45) is 21.8. The molecule has 0 bridgehead atoms. The Kier molecular flexibility index (Phi) is 33.9. The van der Waals surface area contributed by atoms with Gasteiger partial charge in [0.2, 0.25) is 17.7 Å². The molecule has 32 heteroatoms. The third-order valence-corrected chi connectivity index (χ3v) is 25.2. The predicted octanol–water partition coefficient (Wildman–Crippen LogP) is 25.6. The number of aryl methyl sites for hydroxylation is 3. The minimum absolute atomic E-state index is 0.106. The third-order valence-electron chi connectivity index (χ3n) is 25.2. The van der Waals surface area contributed by atoms with E-state index in [0.717, 1.165) is 55.6 Å². The lowest BCUT2D eigenvalue weighted by Crippen LogP contribution is -2.46. The molecule has 10 N–H and O–H groups in total. The van der Waals surface area contributed by atoms with Gasteiger partial charge in [-0.2, -0.15) is 0 Å². The van der Waals surface area contributed by atoms with Crippen molar-refractivity contribution in [3.63, 3.8) is 0 Å². The van der Waals surface area contributed by atoms with Crippen molar-refractivity contribution < 1.29 is 87.9 Å². The number of amides is 4. The minimum atomic E-state index is -0.833. The van der Waals surface area contributed by atoms with Crippen molar-refractivity contribution >= 4 is 91.3 Å². The van der Waals surface area contributed by atoms with Gasteiger partial charge in [0.25, 0.3) is 5.91 Å². The topological polar surface area (TPSA) is 312 Å². The van der Waals surface area contributed by atoms with E-state index in [4.69, 9.17) is 18.9 Å². The highest BCUT2D eigenvalue weighted by Crippen LogP contribution is 2.46. The summed E-state index contributed by atoms with van der Waals surface area (Å²) in [4.78, 5) is 82.8. The van der Waals surface area contributed by atoms with Crippen molar-refractivity contribution in [1.82, 2.24) is 55.4 Å². The molecule has 0 aliphatic carbocycles. The first-order chi connectivity index (χ1) is 70.4. The summed E-state index contributed by atoms with van der Waals surface area (Å²) in [5.41, 5.74) is 18.3. The summed E-state index contributed by atoms with van der Waals surface area (Å²) in [6.45, 7) is 30.4. The van der Waals surface area contributed by atoms with Crippen molar-refractivity contribution in [1.29, 1.82) is 0 Å². The molecule has 0 saturated heterocycles. The third kappa shape index (κ3) is 25.6. The van der Waals surface area contributed by atoms with Crippen molar-refractivity contribution in [3.05, 3.63) is 308 Å². The van der Waals surface area contributed by atoms with Gasteiger partial charge in [-0.25, -0.2) is 59.4 Å². The van der Waals surface area contributed by atoms with E-state index in [1.807, 2.05) is 84.8 Å². The number of fused-ring (bicyclic) bond motifs is 4. The molecule has 8 heterocycles. The second kappa shape index (κ2) is 45.8. The number of carbonyl (C=O) groups is 4. The largest absolute Gasteiger partial charge is 0.496 e. The molecule has 0 aliphatic rings. The lowest BCUT2D eigenvalue weighted by Gasteiger charge is -2.23. The Morgan fingerprint density at radius 1 is 0.369 bits per heavy atom. The zero-order valence-electron chi connectivity index (χ0n) is 87.0. The second-order valence-corrected chi connectivity index (χ2v) is 39.2. The fraction of sp³-hybridized carbons (Fsp3) is 0.248. The van der Waals surface area contributed by atoms with Gasteiger partial charge in [-0.1, -0.05) is 32.9 Å². The van der Waals surface area contributed by atoms with E-state index < -0.39 is 46.0 Å². The Bertz CT molecular complexity index is 8020. The molecule has 8 aromatic carbocycles. The van der Waals surface area contributed by atoms with E-state index in [1.165, 1.54) is 107 Å². The molecule has 0 saturated carbocycles. The van der Waals surface area contributed by atoms with Gasteiger partial charge in [-0.3, -0.25) is 19.2 Å². The van der Waals surface area contributed by atoms with Crippen LogP contribution in [0.4, 0.5) is 50.9 Å². The van der Waals surface area contributed by atoms with Gasteiger partial charge in [-0.15, -0.1) is 0 Å². The van der Waals surface area contributed by atoms with E-state index in [2.05, 4.69) is 61.1 Å². The van der Waals surface area contributed by atoms with Gasteiger partial charge in [0.05, 0.1) is 52.7 Å². The maximum absolute atomic E-state index is 14.8. The minimum Gasteiger partial charge on any atom is -0.496 e. The van der Waals surface area contributed by atoms with Crippen LogP contribution in [0.1, 0.15) is 119 Å². The fourth-order valence-electron chi connectivity index (χ4n) is 17.1. The van der Waals surface area contributed by atoms with Crippen LogP contribution in [-0.2, 0) is 19.2 Å². The molecule has 4 amide bonds. The van der Waals surface area contributed by atoms with Crippen LogP contribution in [0.15, 0.2) is 206 Å². The Hall–Kier alpha value is -16.2. The Balaban J connectivity index is 0.000000166. The first kappa shape index (κ1) is 110. The van der Waals surface area contributed by atoms with E-state index in [1.54, 1.807) is 168 Å². The molecule has 149 heavy (non-hydrogen) atoms. The van der Waals surface area contributed by atoms with Crippen molar-refractivity contribution in [2.45, 2.75) is 129 Å². The molecule has 774 valence electrons. The fourth-order valence-corrected chi connectivity index (χ4v) is 17.1. The monoisotopic (exact) mass is 2040 g/mol. The van der Waals surface area contributed by atoms with Crippen LogP contribution in [0.2, 0.25) is 0 Å². The molecule has 0 radical (unpaired) electrons. The van der Waals surface area contributed by atoms with Crippen LogP contribution in [0.25, 0.3) is 145 Å². The number of methoxy groups -OCH3 is 4. The summed E-state index contributed by atoms with van der Waals surface area (Å²) in [7, 11) is 9.59. The van der Waals surface area contributed by atoms with Crippen LogP contribution in [0, 0.1) is 106 Å². The van der Waals surface area contributed by atoms with Crippen LogP contribution in [-0.4, -0.2) is 152 Å². The number of pyridine rings is 4. The number of aliphatic hydroxyl groups is 2. The quantitative estimate of drug-likeness (QED) is 0.0178. The van der Waals surface area contributed by atoms with Crippen LogP contribution in [0.3, 0.4) is 0 Å². The Morgan fingerprint density at radius 3 is 1.01 bits per heavy atom. The average Bonchev–Trinajstić information content (AvgIpc) is 1.66. The number of aliphatic hydroxyl groups excluding tert-OH is 2. The molecule has 0 aliphatic heterocycles. The molecule has 23 nitrogen and oxygen atoms in total. The number of nitrogens with one attached hydrogen (secondary N) is 8. The number of nitrogens with zero attached hydrogens (tertiary/aromatic N) is 5.